The number of hydrogen-bond acceptors (Lipinski definition) is 2. The van der Waals surface area contributed by atoms with Gasteiger partial charge in [-0.15, -0.1) is 0 Å². The first kappa shape index (κ1) is 11.4. The lowest BCUT2D eigenvalue weighted by Gasteiger charge is -2.01. The van der Waals surface area contributed by atoms with Crippen molar-refractivity contribution in [3.8, 4) is 0 Å². The Morgan fingerprint density at radius 2 is 2.13 bits per heavy atom. The number of carbonyl (C=O) groups excluding carboxylic acids is 1. The Bertz CT molecular complexity index is 375. The normalized spacial score (nSPS) is 10.9. The lowest BCUT2D eigenvalue weighted by molar-refractivity contribution is 0.0951. The van der Waals surface area contributed by atoms with Gasteiger partial charge in [0.15, 0.2) is 0 Å². The van der Waals surface area contributed by atoms with Gasteiger partial charge in [-0.1, -0.05) is 26.0 Å². The topological polar surface area (TPSA) is 41.5 Å². The second kappa shape index (κ2) is 5.24. The molecule has 1 rings (SSSR count). The van der Waals surface area contributed by atoms with Gasteiger partial charge < -0.3 is 0 Å². The van der Waals surface area contributed by atoms with Gasteiger partial charge in [-0.05, 0) is 18.1 Å². The van der Waals surface area contributed by atoms with Crippen LogP contribution in [0.4, 0.5) is 4.39 Å². The van der Waals surface area contributed by atoms with Crippen LogP contribution in [0.25, 0.3) is 0 Å². The van der Waals surface area contributed by atoms with Crippen molar-refractivity contribution in [1.82, 2.24) is 5.43 Å². The number of rotatable bonds is 3. The van der Waals surface area contributed by atoms with Crippen LogP contribution in [0, 0.1) is 11.7 Å². The van der Waals surface area contributed by atoms with Crippen LogP contribution in [0.1, 0.15) is 24.2 Å². The molecule has 0 spiro atoms. The second-order valence-corrected chi connectivity index (χ2v) is 3.44. The van der Waals surface area contributed by atoms with Gasteiger partial charge in [0.1, 0.15) is 5.82 Å². The van der Waals surface area contributed by atoms with Crippen molar-refractivity contribution < 1.29 is 9.18 Å². The quantitative estimate of drug-likeness (QED) is 0.600. The molecule has 0 bridgehead atoms. The van der Waals surface area contributed by atoms with Crippen molar-refractivity contribution >= 4 is 12.1 Å². The molecule has 0 aliphatic rings. The summed E-state index contributed by atoms with van der Waals surface area (Å²) >= 11 is 0. The van der Waals surface area contributed by atoms with E-state index in [0.717, 1.165) is 0 Å². The third-order valence-electron chi connectivity index (χ3n) is 1.66. The average molecular weight is 208 g/mol. The van der Waals surface area contributed by atoms with Gasteiger partial charge in [-0.2, -0.15) is 5.10 Å². The number of carbonyl (C=O) groups is 1. The van der Waals surface area contributed by atoms with Crippen molar-refractivity contribution in [3.05, 3.63) is 35.6 Å². The maximum atomic E-state index is 13.1. The fraction of sp³-hybridized carbons (Fsp3) is 0.273. The van der Waals surface area contributed by atoms with Crippen molar-refractivity contribution in [3.63, 3.8) is 0 Å². The Morgan fingerprint density at radius 3 is 2.73 bits per heavy atom. The Kier molecular flexibility index (Phi) is 3.97. The summed E-state index contributed by atoms with van der Waals surface area (Å²) in [5.41, 5.74) is 2.26. The molecule has 0 heterocycles. The molecule has 0 saturated carbocycles. The predicted molar refractivity (Wildman–Crippen MR) is 57.2 cm³/mol. The van der Waals surface area contributed by atoms with Crippen LogP contribution in [0.3, 0.4) is 0 Å². The molecule has 0 fully saturated rings. The number of halogens is 1. The summed E-state index contributed by atoms with van der Waals surface area (Å²) in [6.07, 6.45) is 1.58. The van der Waals surface area contributed by atoms with Gasteiger partial charge >= 0.3 is 0 Å². The molecule has 0 aromatic heterocycles. The molecule has 3 nitrogen and oxygen atoms in total. The van der Waals surface area contributed by atoms with E-state index in [1.807, 2.05) is 13.8 Å². The van der Waals surface area contributed by atoms with E-state index in [9.17, 15) is 9.18 Å². The van der Waals surface area contributed by atoms with Gasteiger partial charge in [-0.3, -0.25) is 4.79 Å². The van der Waals surface area contributed by atoms with E-state index < -0.39 is 11.7 Å². The summed E-state index contributed by atoms with van der Waals surface area (Å²) in [6, 6.07) is 5.78. The van der Waals surface area contributed by atoms with Crippen LogP contribution >= 0.6 is 0 Å². The van der Waals surface area contributed by atoms with Gasteiger partial charge in [0.05, 0.1) is 5.56 Å². The van der Waals surface area contributed by atoms with Crippen LogP contribution in [-0.2, 0) is 0 Å². The molecule has 1 aromatic carbocycles. The largest absolute Gasteiger partial charge is 0.274 e. The molecule has 1 aromatic rings. The number of benzene rings is 1. The van der Waals surface area contributed by atoms with E-state index in [2.05, 4.69) is 10.5 Å². The highest BCUT2D eigenvalue weighted by atomic mass is 19.1. The van der Waals surface area contributed by atoms with Gasteiger partial charge in [0.2, 0.25) is 0 Å². The Labute approximate surface area is 88.0 Å². The summed E-state index contributed by atoms with van der Waals surface area (Å²) in [6.45, 7) is 3.86. The highest BCUT2D eigenvalue weighted by Gasteiger charge is 2.08. The smallest absolute Gasteiger partial charge is 0.267 e. The van der Waals surface area contributed by atoms with E-state index in [-0.39, 0.29) is 11.5 Å². The molecular formula is C11H13FN2O. The predicted octanol–water partition coefficient (Wildman–Crippen LogP) is 2.20. The molecule has 80 valence electrons. The summed E-state index contributed by atoms with van der Waals surface area (Å²) in [4.78, 5) is 11.4. The van der Waals surface area contributed by atoms with E-state index in [1.165, 1.54) is 18.2 Å². The van der Waals surface area contributed by atoms with Crippen molar-refractivity contribution in [2.45, 2.75) is 13.8 Å². The van der Waals surface area contributed by atoms with E-state index >= 15 is 0 Å². The molecule has 0 aliphatic heterocycles. The molecule has 1 amide bonds. The lowest BCUT2D eigenvalue weighted by atomic mass is 10.2. The lowest BCUT2D eigenvalue weighted by Crippen LogP contribution is -2.19. The third kappa shape index (κ3) is 3.50. The zero-order chi connectivity index (χ0) is 11.3. The van der Waals surface area contributed by atoms with Gasteiger partial charge in [0, 0.05) is 6.21 Å². The number of nitrogens with zero attached hydrogens (tertiary/aromatic N) is 1. The van der Waals surface area contributed by atoms with E-state index in [4.69, 9.17) is 0 Å². The number of amides is 1. The molecule has 0 aliphatic carbocycles. The monoisotopic (exact) mass is 208 g/mol. The fourth-order valence-corrected chi connectivity index (χ4v) is 0.951. The Hall–Kier alpha value is -1.71. The summed E-state index contributed by atoms with van der Waals surface area (Å²) in [5, 5.41) is 3.70. The molecule has 15 heavy (non-hydrogen) atoms. The summed E-state index contributed by atoms with van der Waals surface area (Å²) in [7, 11) is 0. The minimum atomic E-state index is -0.547. The number of nitrogens with one attached hydrogen (secondary N) is 1. The van der Waals surface area contributed by atoms with Gasteiger partial charge in [-0.25, -0.2) is 9.82 Å². The van der Waals surface area contributed by atoms with Crippen LogP contribution in [-0.4, -0.2) is 12.1 Å². The summed E-state index contributed by atoms with van der Waals surface area (Å²) in [5.74, 6) is -0.842. The molecule has 0 unspecified atom stereocenters. The third-order valence-corrected chi connectivity index (χ3v) is 1.66. The van der Waals surface area contributed by atoms with Crippen LogP contribution in [0.5, 0.6) is 0 Å². The van der Waals surface area contributed by atoms with Gasteiger partial charge in [0.25, 0.3) is 5.91 Å². The minimum absolute atomic E-state index is 0.00148. The van der Waals surface area contributed by atoms with Crippen LogP contribution in [0.2, 0.25) is 0 Å². The molecule has 1 N–H and O–H groups in total. The first-order valence-corrected chi connectivity index (χ1v) is 4.69. The first-order valence-electron chi connectivity index (χ1n) is 4.69. The first-order chi connectivity index (χ1) is 7.11. The standard InChI is InChI=1S/C11H13FN2O/c1-8(2)7-13-14-11(15)9-5-3-4-6-10(9)12/h3-8H,1-2H3,(H,14,15)/b13-7+. The Morgan fingerprint density at radius 1 is 1.47 bits per heavy atom. The molecule has 4 heteroatoms. The van der Waals surface area contributed by atoms with E-state index in [0.29, 0.717) is 0 Å². The summed E-state index contributed by atoms with van der Waals surface area (Å²) < 4.78 is 13.1. The minimum Gasteiger partial charge on any atom is -0.267 e. The second-order valence-electron chi connectivity index (χ2n) is 3.44. The highest BCUT2D eigenvalue weighted by Crippen LogP contribution is 2.05. The maximum Gasteiger partial charge on any atom is 0.274 e. The molecule has 0 radical (unpaired) electrons. The zero-order valence-corrected chi connectivity index (χ0v) is 8.70. The number of hydrazone groups is 1. The van der Waals surface area contributed by atoms with Crippen molar-refractivity contribution in [2.75, 3.05) is 0 Å². The van der Waals surface area contributed by atoms with Crippen LogP contribution < -0.4 is 5.43 Å². The van der Waals surface area contributed by atoms with Crippen molar-refractivity contribution in [1.29, 1.82) is 0 Å². The zero-order valence-electron chi connectivity index (χ0n) is 8.70. The molecule has 0 atom stereocenters. The fourth-order valence-electron chi connectivity index (χ4n) is 0.951. The molecule has 0 saturated heterocycles. The Balaban J connectivity index is 2.66. The van der Waals surface area contributed by atoms with Crippen molar-refractivity contribution in [2.24, 2.45) is 11.0 Å². The average Bonchev–Trinajstić information content (AvgIpc) is 2.17. The van der Waals surface area contributed by atoms with Crippen LogP contribution in [0.15, 0.2) is 29.4 Å². The maximum absolute atomic E-state index is 13.1. The number of hydrogen-bond donors (Lipinski definition) is 1. The SMILES string of the molecule is CC(C)/C=N/NC(=O)c1ccccc1F. The van der Waals surface area contributed by atoms with E-state index in [1.54, 1.807) is 12.3 Å². The highest BCUT2D eigenvalue weighted by molar-refractivity contribution is 5.94. The molecular weight excluding hydrogens is 195 g/mol.